The molecule has 0 bridgehead atoms. The van der Waals surface area contributed by atoms with Gasteiger partial charge in [-0.15, -0.1) is 0 Å². The van der Waals surface area contributed by atoms with Crippen LogP contribution in [0.15, 0.2) is 35.7 Å². The summed E-state index contributed by atoms with van der Waals surface area (Å²) in [5.74, 6) is -0.300. The van der Waals surface area contributed by atoms with E-state index in [1.54, 1.807) is 13.8 Å². The predicted octanol–water partition coefficient (Wildman–Crippen LogP) is 1.45. The molecule has 0 saturated heterocycles. The molecule has 1 rings (SSSR count). The smallest absolute Gasteiger partial charge is 0.236 e. The Bertz CT molecular complexity index is 553. The predicted molar refractivity (Wildman–Crippen MR) is 80.3 cm³/mol. The molecule has 0 aliphatic carbocycles. The summed E-state index contributed by atoms with van der Waals surface area (Å²) in [5, 5.41) is 3.72. The van der Waals surface area contributed by atoms with E-state index in [9.17, 15) is 13.2 Å². The minimum atomic E-state index is -3.59. The van der Waals surface area contributed by atoms with Crippen LogP contribution >= 0.6 is 0 Å². The Morgan fingerprint density at radius 3 is 2.45 bits per heavy atom. The van der Waals surface area contributed by atoms with Crippen molar-refractivity contribution in [3.05, 3.63) is 41.3 Å². The number of hydrogen-bond acceptors (Lipinski definition) is 3. The Labute approximate surface area is 120 Å². The van der Waals surface area contributed by atoms with Crippen LogP contribution in [-0.2, 0) is 14.8 Å². The molecule has 0 radical (unpaired) electrons. The monoisotopic (exact) mass is 296 g/mol. The van der Waals surface area contributed by atoms with Crippen molar-refractivity contribution < 1.29 is 13.2 Å². The van der Waals surface area contributed by atoms with Crippen molar-refractivity contribution in [2.75, 3.05) is 19.6 Å². The van der Waals surface area contributed by atoms with Crippen LogP contribution in [0.25, 0.3) is 6.08 Å². The summed E-state index contributed by atoms with van der Waals surface area (Å²) in [4.78, 5) is 11.5. The van der Waals surface area contributed by atoms with Gasteiger partial charge in [0.1, 0.15) is 0 Å². The second-order valence-corrected chi connectivity index (χ2v) is 5.96. The van der Waals surface area contributed by atoms with Crippen LogP contribution in [-0.4, -0.2) is 38.3 Å². The molecule has 0 aromatic heterocycles. The lowest BCUT2D eigenvalue weighted by atomic mass is 10.2. The van der Waals surface area contributed by atoms with E-state index in [4.69, 9.17) is 0 Å². The molecule has 5 nitrogen and oxygen atoms in total. The fraction of sp³-hybridized carbons (Fsp3) is 0.357. The zero-order chi connectivity index (χ0) is 15.0. The molecule has 0 saturated carbocycles. The lowest BCUT2D eigenvalue weighted by Crippen LogP contribution is -2.39. The molecule has 1 amide bonds. The number of likely N-dealkylation sites (N-methyl/N-ethyl adjacent to an activating group) is 2. The van der Waals surface area contributed by atoms with Gasteiger partial charge < -0.3 is 5.32 Å². The maximum Gasteiger partial charge on any atom is 0.236 e. The first kappa shape index (κ1) is 16.4. The third kappa shape index (κ3) is 5.14. The molecule has 0 aliphatic heterocycles. The average molecular weight is 296 g/mol. The van der Waals surface area contributed by atoms with Crippen LogP contribution < -0.4 is 5.32 Å². The quantitative estimate of drug-likeness (QED) is 0.828. The second kappa shape index (κ2) is 7.81. The Morgan fingerprint density at radius 1 is 1.25 bits per heavy atom. The number of amides is 1. The molecule has 0 unspecified atom stereocenters. The summed E-state index contributed by atoms with van der Waals surface area (Å²) >= 11 is 0. The van der Waals surface area contributed by atoms with Crippen LogP contribution in [0.5, 0.6) is 0 Å². The number of carbonyl (C=O) groups is 1. The zero-order valence-electron chi connectivity index (χ0n) is 11.7. The highest BCUT2D eigenvalue weighted by Crippen LogP contribution is 2.07. The fourth-order valence-electron chi connectivity index (χ4n) is 1.61. The molecule has 0 atom stereocenters. The lowest BCUT2D eigenvalue weighted by Gasteiger charge is -2.17. The molecule has 1 aromatic carbocycles. The fourth-order valence-corrected chi connectivity index (χ4v) is 2.77. The Balaban J connectivity index is 2.79. The van der Waals surface area contributed by atoms with E-state index in [0.29, 0.717) is 6.54 Å². The molecule has 0 spiro atoms. The van der Waals surface area contributed by atoms with E-state index >= 15 is 0 Å². The third-order valence-electron chi connectivity index (χ3n) is 2.64. The highest BCUT2D eigenvalue weighted by molar-refractivity contribution is 7.92. The summed E-state index contributed by atoms with van der Waals surface area (Å²) in [6.07, 6.45) is 1.52. The van der Waals surface area contributed by atoms with Crippen molar-refractivity contribution in [3.8, 4) is 0 Å². The van der Waals surface area contributed by atoms with Crippen LogP contribution in [0.2, 0.25) is 0 Å². The normalized spacial score (nSPS) is 11.9. The first-order chi connectivity index (χ1) is 9.49. The van der Waals surface area contributed by atoms with E-state index in [-0.39, 0.29) is 19.0 Å². The van der Waals surface area contributed by atoms with Gasteiger partial charge in [0.2, 0.25) is 15.9 Å². The topological polar surface area (TPSA) is 66.5 Å². The van der Waals surface area contributed by atoms with E-state index in [2.05, 4.69) is 5.32 Å². The standard InChI is InChI=1S/C14H20N2O3S/c1-3-15-14(17)12-16(4-2)20(18,19)11-10-13-8-6-5-7-9-13/h5-11H,3-4,12H2,1-2H3,(H,15,17)/b11-10+. The van der Waals surface area contributed by atoms with E-state index in [0.717, 1.165) is 15.3 Å². The van der Waals surface area contributed by atoms with Crippen molar-refractivity contribution >= 4 is 22.0 Å². The molecule has 0 fully saturated rings. The number of rotatable bonds is 7. The maximum absolute atomic E-state index is 12.1. The molecule has 1 aromatic rings. The Morgan fingerprint density at radius 2 is 1.90 bits per heavy atom. The molecule has 110 valence electrons. The van der Waals surface area contributed by atoms with E-state index < -0.39 is 10.0 Å². The number of benzene rings is 1. The van der Waals surface area contributed by atoms with Gasteiger partial charge in [-0.1, -0.05) is 37.3 Å². The lowest BCUT2D eigenvalue weighted by molar-refractivity contribution is -0.121. The summed E-state index contributed by atoms with van der Waals surface area (Å²) in [6, 6.07) is 9.15. The molecule has 0 aliphatic rings. The SMILES string of the molecule is CCNC(=O)CN(CC)S(=O)(=O)/C=C/c1ccccc1. The van der Waals surface area contributed by atoms with Gasteiger partial charge in [0.15, 0.2) is 0 Å². The van der Waals surface area contributed by atoms with Crippen LogP contribution in [0.4, 0.5) is 0 Å². The van der Waals surface area contributed by atoms with Crippen LogP contribution in [0, 0.1) is 0 Å². The number of nitrogens with one attached hydrogen (secondary N) is 1. The van der Waals surface area contributed by atoms with E-state index in [1.807, 2.05) is 30.3 Å². The van der Waals surface area contributed by atoms with Gasteiger partial charge in [-0.3, -0.25) is 4.79 Å². The molecular weight excluding hydrogens is 276 g/mol. The van der Waals surface area contributed by atoms with Gasteiger partial charge in [-0.2, -0.15) is 4.31 Å². The van der Waals surface area contributed by atoms with Gasteiger partial charge in [0.05, 0.1) is 6.54 Å². The highest BCUT2D eigenvalue weighted by atomic mass is 32.2. The second-order valence-electron chi connectivity index (χ2n) is 4.14. The summed E-state index contributed by atoms with van der Waals surface area (Å²) in [6.45, 7) is 4.06. The number of hydrogen-bond donors (Lipinski definition) is 1. The van der Waals surface area contributed by atoms with Gasteiger partial charge in [-0.05, 0) is 18.6 Å². The minimum absolute atomic E-state index is 0.161. The molecule has 0 heterocycles. The van der Waals surface area contributed by atoms with Crippen molar-refractivity contribution in [2.45, 2.75) is 13.8 Å². The number of nitrogens with zero attached hydrogens (tertiary/aromatic N) is 1. The molecule has 20 heavy (non-hydrogen) atoms. The van der Waals surface area contributed by atoms with Crippen molar-refractivity contribution in [2.24, 2.45) is 0 Å². The molecule has 6 heteroatoms. The first-order valence-electron chi connectivity index (χ1n) is 6.49. The summed E-state index contributed by atoms with van der Waals surface area (Å²) in [5.41, 5.74) is 0.796. The highest BCUT2D eigenvalue weighted by Gasteiger charge is 2.19. The van der Waals surface area contributed by atoms with Gasteiger partial charge in [-0.25, -0.2) is 8.42 Å². The van der Waals surface area contributed by atoms with Crippen LogP contribution in [0.1, 0.15) is 19.4 Å². The number of sulfonamides is 1. The Hall–Kier alpha value is -1.66. The Kier molecular flexibility index (Phi) is 6.41. The van der Waals surface area contributed by atoms with Gasteiger partial charge >= 0.3 is 0 Å². The van der Waals surface area contributed by atoms with E-state index in [1.165, 1.54) is 6.08 Å². The number of carbonyl (C=O) groups excluding carboxylic acids is 1. The minimum Gasteiger partial charge on any atom is -0.355 e. The van der Waals surface area contributed by atoms with Gasteiger partial charge in [0.25, 0.3) is 0 Å². The first-order valence-corrected chi connectivity index (χ1v) is 8.00. The molecular formula is C14H20N2O3S. The maximum atomic E-state index is 12.1. The largest absolute Gasteiger partial charge is 0.355 e. The van der Waals surface area contributed by atoms with Crippen molar-refractivity contribution in [1.29, 1.82) is 0 Å². The average Bonchev–Trinajstić information content (AvgIpc) is 2.44. The van der Waals surface area contributed by atoms with Crippen molar-refractivity contribution in [3.63, 3.8) is 0 Å². The van der Waals surface area contributed by atoms with Crippen molar-refractivity contribution in [1.82, 2.24) is 9.62 Å². The summed E-state index contributed by atoms with van der Waals surface area (Å²) < 4.78 is 25.4. The summed E-state index contributed by atoms with van der Waals surface area (Å²) in [7, 11) is -3.59. The third-order valence-corrected chi connectivity index (χ3v) is 4.23. The van der Waals surface area contributed by atoms with Gasteiger partial charge in [0, 0.05) is 18.5 Å². The molecule has 1 N–H and O–H groups in total. The van der Waals surface area contributed by atoms with Crippen LogP contribution in [0.3, 0.4) is 0 Å². The zero-order valence-corrected chi connectivity index (χ0v) is 12.6.